The summed E-state index contributed by atoms with van der Waals surface area (Å²) in [5.41, 5.74) is 1.87. The van der Waals surface area contributed by atoms with Gasteiger partial charge in [-0.1, -0.05) is 34.4 Å². The second kappa shape index (κ2) is 5.85. The summed E-state index contributed by atoms with van der Waals surface area (Å²) in [6, 6.07) is 4.95. The van der Waals surface area contributed by atoms with Crippen molar-refractivity contribution in [2.45, 2.75) is 26.2 Å². The van der Waals surface area contributed by atoms with Gasteiger partial charge in [-0.05, 0) is 32.4 Å². The third-order valence-corrected chi connectivity index (χ3v) is 3.89. The maximum absolute atomic E-state index is 11.6. The zero-order valence-electron chi connectivity index (χ0n) is 11.0. The van der Waals surface area contributed by atoms with Gasteiger partial charge in [0.05, 0.1) is 11.6 Å². The van der Waals surface area contributed by atoms with Crippen molar-refractivity contribution >= 4 is 29.2 Å². The molecule has 0 aliphatic heterocycles. The smallest absolute Gasteiger partial charge is 0.311 e. The first-order valence-corrected chi connectivity index (χ1v) is 6.76. The number of aryl methyl sites for hydroxylation is 2. The number of benzene rings is 1. The molecule has 4 nitrogen and oxygen atoms in total. The molecule has 0 radical (unpaired) electrons. The SMILES string of the molecule is Cc1noc(C)c1CC(C(=O)O)c1c(Cl)cccc1Cl. The molecule has 0 amide bonds. The summed E-state index contributed by atoms with van der Waals surface area (Å²) in [4.78, 5) is 11.6. The van der Waals surface area contributed by atoms with E-state index in [-0.39, 0.29) is 6.42 Å². The van der Waals surface area contributed by atoms with Crippen molar-refractivity contribution in [1.82, 2.24) is 5.16 Å². The van der Waals surface area contributed by atoms with Crippen LogP contribution in [0.4, 0.5) is 0 Å². The van der Waals surface area contributed by atoms with Crippen LogP contribution >= 0.6 is 23.2 Å². The van der Waals surface area contributed by atoms with Gasteiger partial charge in [-0.2, -0.15) is 0 Å². The minimum absolute atomic E-state index is 0.236. The van der Waals surface area contributed by atoms with E-state index >= 15 is 0 Å². The lowest BCUT2D eigenvalue weighted by Gasteiger charge is -2.15. The van der Waals surface area contributed by atoms with Crippen LogP contribution in [0.2, 0.25) is 10.0 Å². The van der Waals surface area contributed by atoms with Crippen molar-refractivity contribution in [3.05, 3.63) is 50.8 Å². The van der Waals surface area contributed by atoms with E-state index in [0.717, 1.165) is 5.56 Å². The average Bonchev–Trinajstić information content (AvgIpc) is 2.68. The highest BCUT2D eigenvalue weighted by molar-refractivity contribution is 6.36. The molecule has 0 bridgehead atoms. The molecule has 106 valence electrons. The van der Waals surface area contributed by atoms with Crippen molar-refractivity contribution in [2.75, 3.05) is 0 Å². The van der Waals surface area contributed by atoms with Gasteiger partial charge < -0.3 is 9.63 Å². The van der Waals surface area contributed by atoms with Crippen LogP contribution in [0.25, 0.3) is 0 Å². The molecular formula is C14H13Cl2NO3. The number of carboxylic acid groups (broad SMARTS) is 1. The molecule has 0 aliphatic carbocycles. The summed E-state index contributed by atoms with van der Waals surface area (Å²) in [6.45, 7) is 3.53. The minimum Gasteiger partial charge on any atom is -0.481 e. The zero-order valence-corrected chi connectivity index (χ0v) is 12.5. The molecule has 1 heterocycles. The van der Waals surface area contributed by atoms with E-state index < -0.39 is 11.9 Å². The van der Waals surface area contributed by atoms with Crippen LogP contribution in [0.1, 0.15) is 28.5 Å². The Hall–Kier alpha value is -1.52. The van der Waals surface area contributed by atoms with E-state index in [1.165, 1.54) is 0 Å². The summed E-state index contributed by atoms with van der Waals surface area (Å²) < 4.78 is 5.06. The highest BCUT2D eigenvalue weighted by Crippen LogP contribution is 2.34. The van der Waals surface area contributed by atoms with Gasteiger partial charge in [-0.15, -0.1) is 0 Å². The first-order valence-electron chi connectivity index (χ1n) is 6.00. The molecule has 0 aliphatic rings. The summed E-state index contributed by atoms with van der Waals surface area (Å²) in [5.74, 6) is -1.22. The summed E-state index contributed by atoms with van der Waals surface area (Å²) in [7, 11) is 0. The Bertz CT molecular complexity index is 612. The van der Waals surface area contributed by atoms with Crippen molar-refractivity contribution in [1.29, 1.82) is 0 Å². The molecule has 0 fully saturated rings. The molecule has 2 rings (SSSR count). The predicted molar refractivity (Wildman–Crippen MR) is 76.5 cm³/mol. The van der Waals surface area contributed by atoms with E-state index in [9.17, 15) is 9.90 Å². The first kappa shape index (κ1) is 14.9. The van der Waals surface area contributed by atoms with Gasteiger partial charge >= 0.3 is 5.97 Å². The van der Waals surface area contributed by atoms with Crippen molar-refractivity contribution in [3.63, 3.8) is 0 Å². The molecule has 2 aromatic rings. The third-order valence-electron chi connectivity index (χ3n) is 3.24. The highest BCUT2D eigenvalue weighted by atomic mass is 35.5. The zero-order chi connectivity index (χ0) is 14.9. The van der Waals surface area contributed by atoms with Crippen molar-refractivity contribution < 1.29 is 14.4 Å². The summed E-state index contributed by atoms with van der Waals surface area (Å²) in [5, 5.41) is 14.0. The van der Waals surface area contributed by atoms with Crippen LogP contribution in [-0.4, -0.2) is 16.2 Å². The predicted octanol–water partition coefficient (Wildman–Crippen LogP) is 4.01. The Labute approximate surface area is 126 Å². The molecule has 1 unspecified atom stereocenters. The average molecular weight is 314 g/mol. The maximum Gasteiger partial charge on any atom is 0.311 e. The fourth-order valence-electron chi connectivity index (χ4n) is 2.15. The lowest BCUT2D eigenvalue weighted by atomic mass is 9.91. The second-order valence-electron chi connectivity index (χ2n) is 4.53. The molecule has 0 saturated carbocycles. The van der Waals surface area contributed by atoms with Crippen LogP contribution in [-0.2, 0) is 11.2 Å². The third kappa shape index (κ3) is 2.81. The number of aliphatic carboxylic acids is 1. The highest BCUT2D eigenvalue weighted by Gasteiger charge is 2.27. The number of nitrogens with zero attached hydrogens (tertiary/aromatic N) is 1. The summed E-state index contributed by atoms with van der Waals surface area (Å²) in [6.07, 6.45) is 0.236. The largest absolute Gasteiger partial charge is 0.481 e. The molecule has 1 N–H and O–H groups in total. The second-order valence-corrected chi connectivity index (χ2v) is 5.35. The Morgan fingerprint density at radius 1 is 1.35 bits per heavy atom. The van der Waals surface area contributed by atoms with Gasteiger partial charge in [0.1, 0.15) is 5.76 Å². The molecule has 0 saturated heterocycles. The lowest BCUT2D eigenvalue weighted by molar-refractivity contribution is -0.138. The van der Waals surface area contributed by atoms with E-state index in [4.69, 9.17) is 27.7 Å². The fraction of sp³-hybridized carbons (Fsp3) is 0.286. The molecular weight excluding hydrogens is 301 g/mol. The minimum atomic E-state index is -0.986. The number of carbonyl (C=O) groups is 1. The molecule has 1 aromatic carbocycles. The van der Waals surface area contributed by atoms with Crippen LogP contribution in [0, 0.1) is 13.8 Å². The number of hydrogen-bond donors (Lipinski definition) is 1. The number of carboxylic acids is 1. The normalized spacial score (nSPS) is 12.4. The van der Waals surface area contributed by atoms with Gasteiger partial charge in [0.15, 0.2) is 0 Å². The lowest BCUT2D eigenvalue weighted by Crippen LogP contribution is -2.16. The number of aromatic nitrogens is 1. The van der Waals surface area contributed by atoms with Crippen LogP contribution in [0.3, 0.4) is 0 Å². The molecule has 20 heavy (non-hydrogen) atoms. The van der Waals surface area contributed by atoms with E-state index in [2.05, 4.69) is 5.16 Å². The Kier molecular flexibility index (Phi) is 4.35. The molecule has 1 atom stereocenters. The van der Waals surface area contributed by atoms with Gasteiger partial charge in [0.2, 0.25) is 0 Å². The number of rotatable bonds is 4. The number of halogens is 2. The van der Waals surface area contributed by atoms with Gasteiger partial charge in [-0.3, -0.25) is 4.79 Å². The van der Waals surface area contributed by atoms with Crippen LogP contribution < -0.4 is 0 Å². The molecule has 6 heteroatoms. The van der Waals surface area contributed by atoms with E-state index in [1.807, 2.05) is 0 Å². The van der Waals surface area contributed by atoms with E-state index in [1.54, 1.807) is 32.0 Å². The fourth-order valence-corrected chi connectivity index (χ4v) is 2.81. The van der Waals surface area contributed by atoms with Gasteiger partial charge in [0, 0.05) is 21.2 Å². The van der Waals surface area contributed by atoms with E-state index in [0.29, 0.717) is 27.1 Å². The topological polar surface area (TPSA) is 63.3 Å². The summed E-state index contributed by atoms with van der Waals surface area (Å²) >= 11 is 12.2. The van der Waals surface area contributed by atoms with Crippen molar-refractivity contribution in [2.24, 2.45) is 0 Å². The standard InChI is InChI=1S/C14H13Cl2NO3/c1-7-9(8(2)20-17-7)6-10(14(18)19)13-11(15)4-3-5-12(13)16/h3-5,10H,6H2,1-2H3,(H,18,19). The molecule has 1 aromatic heterocycles. The van der Waals surface area contributed by atoms with Gasteiger partial charge in [-0.25, -0.2) is 0 Å². The monoisotopic (exact) mass is 313 g/mol. The first-order chi connectivity index (χ1) is 9.41. The Balaban J connectivity index is 2.46. The van der Waals surface area contributed by atoms with Gasteiger partial charge in [0.25, 0.3) is 0 Å². The Morgan fingerprint density at radius 3 is 2.40 bits per heavy atom. The van der Waals surface area contributed by atoms with Crippen LogP contribution in [0.5, 0.6) is 0 Å². The van der Waals surface area contributed by atoms with Crippen molar-refractivity contribution in [3.8, 4) is 0 Å². The molecule has 0 spiro atoms. The van der Waals surface area contributed by atoms with Crippen LogP contribution in [0.15, 0.2) is 22.7 Å². The maximum atomic E-state index is 11.6. The Morgan fingerprint density at radius 2 is 1.95 bits per heavy atom. The quantitative estimate of drug-likeness (QED) is 0.926. The number of hydrogen-bond acceptors (Lipinski definition) is 3.